The van der Waals surface area contributed by atoms with Crippen molar-refractivity contribution in [2.24, 2.45) is 0 Å². The third kappa shape index (κ3) is 2.26. The lowest BCUT2D eigenvalue weighted by Crippen LogP contribution is -2.15. The highest BCUT2D eigenvalue weighted by Gasteiger charge is 2.15. The molecule has 0 spiro atoms. The molecular weight excluding hydrogens is 250 g/mol. The molecule has 4 nitrogen and oxygen atoms in total. The van der Waals surface area contributed by atoms with Crippen LogP contribution in [0.15, 0.2) is 39.8 Å². The van der Waals surface area contributed by atoms with Crippen molar-refractivity contribution in [1.82, 2.24) is 0 Å². The van der Waals surface area contributed by atoms with Gasteiger partial charge in [-0.25, -0.2) is 0 Å². The number of hydrogen-bond acceptors (Lipinski definition) is 5. The topological polar surface area (TPSA) is 57.6 Å². The number of nitrogens with two attached hydrogens (primary N) is 1. The van der Waals surface area contributed by atoms with Crippen LogP contribution < -0.4 is 15.2 Å². The quantitative estimate of drug-likeness (QED) is 0.681. The molecule has 0 fully saturated rings. The Morgan fingerprint density at radius 3 is 2.67 bits per heavy atom. The number of rotatable bonds is 3. The fourth-order valence-electron chi connectivity index (χ4n) is 1.75. The monoisotopic (exact) mass is 263 g/mol. The van der Waals surface area contributed by atoms with Crippen LogP contribution in [0.5, 0.6) is 11.5 Å². The van der Waals surface area contributed by atoms with E-state index in [2.05, 4.69) is 0 Å². The van der Waals surface area contributed by atoms with Crippen molar-refractivity contribution in [3.8, 4) is 11.5 Å². The number of fused-ring (bicyclic) bond motifs is 1. The van der Waals surface area contributed by atoms with E-state index >= 15 is 0 Å². The number of ether oxygens (including phenoxy) is 2. The number of hydrogen-bond donors (Lipinski definition) is 1. The number of benzene rings is 1. The van der Waals surface area contributed by atoms with Gasteiger partial charge in [0.05, 0.1) is 12.0 Å². The van der Waals surface area contributed by atoms with Gasteiger partial charge in [0, 0.05) is 16.6 Å². The highest BCUT2D eigenvalue weighted by Crippen LogP contribution is 2.39. The zero-order chi connectivity index (χ0) is 12.4. The summed E-state index contributed by atoms with van der Waals surface area (Å²) >= 11 is 1.62. The molecule has 1 aliphatic heterocycles. The van der Waals surface area contributed by atoms with Crippen molar-refractivity contribution in [1.29, 1.82) is 0 Å². The molecule has 2 N–H and O–H groups in total. The van der Waals surface area contributed by atoms with Crippen LogP contribution >= 0.6 is 11.8 Å². The van der Waals surface area contributed by atoms with Crippen molar-refractivity contribution in [3.63, 3.8) is 0 Å². The van der Waals surface area contributed by atoms with Gasteiger partial charge in [0.2, 0.25) is 0 Å². The molecule has 0 bridgehead atoms. The minimum Gasteiger partial charge on any atom is -0.486 e. The smallest absolute Gasteiger partial charge is 0.163 e. The Balaban J connectivity index is 1.79. The summed E-state index contributed by atoms with van der Waals surface area (Å²) in [5.41, 5.74) is 6.70. The van der Waals surface area contributed by atoms with Crippen molar-refractivity contribution in [2.75, 3.05) is 18.9 Å². The van der Waals surface area contributed by atoms with E-state index in [-0.39, 0.29) is 0 Å². The summed E-state index contributed by atoms with van der Waals surface area (Å²) in [4.78, 5) is 0.982. The van der Waals surface area contributed by atoms with E-state index in [1.165, 1.54) is 0 Å². The fraction of sp³-hybridized carbons (Fsp3) is 0.231. The lowest BCUT2D eigenvalue weighted by Gasteiger charge is -2.19. The van der Waals surface area contributed by atoms with Gasteiger partial charge in [0.1, 0.15) is 19.0 Å². The van der Waals surface area contributed by atoms with Gasteiger partial charge in [-0.05, 0) is 18.2 Å². The molecule has 94 valence electrons. The fourth-order valence-corrected chi connectivity index (χ4v) is 2.63. The highest BCUT2D eigenvalue weighted by atomic mass is 32.2. The number of nitrogen functional groups attached to an aromatic ring is 1. The molecule has 0 amide bonds. The van der Waals surface area contributed by atoms with E-state index in [0.717, 1.165) is 27.9 Å². The van der Waals surface area contributed by atoms with E-state index in [1.807, 2.05) is 24.3 Å². The molecule has 3 rings (SSSR count). The summed E-state index contributed by atoms with van der Waals surface area (Å²) in [6.45, 7) is 1.16. The van der Waals surface area contributed by atoms with Crippen LogP contribution in [-0.4, -0.2) is 13.2 Å². The van der Waals surface area contributed by atoms with Gasteiger partial charge in [0.25, 0.3) is 0 Å². The maximum atomic E-state index is 6.00. The van der Waals surface area contributed by atoms with E-state index in [4.69, 9.17) is 19.6 Å². The van der Waals surface area contributed by atoms with Gasteiger partial charge >= 0.3 is 0 Å². The standard InChI is InChI=1S/C13H13NO3S/c14-10-6-11-12(17-5-4-16-11)7-13(10)18-8-9-2-1-3-15-9/h1-3,6-7H,4-5,8,14H2. The van der Waals surface area contributed by atoms with Crippen LogP contribution in [0.1, 0.15) is 5.76 Å². The maximum absolute atomic E-state index is 6.00. The van der Waals surface area contributed by atoms with Crippen LogP contribution in [0.2, 0.25) is 0 Å². The van der Waals surface area contributed by atoms with Crippen molar-refractivity contribution in [3.05, 3.63) is 36.3 Å². The third-order valence-corrected chi connectivity index (χ3v) is 3.72. The molecule has 1 aromatic carbocycles. The van der Waals surface area contributed by atoms with Gasteiger partial charge in [-0.2, -0.15) is 0 Å². The normalized spacial score (nSPS) is 13.6. The minimum absolute atomic E-state index is 0.575. The molecule has 0 aliphatic carbocycles. The molecule has 1 aliphatic rings. The molecule has 0 saturated heterocycles. The SMILES string of the molecule is Nc1cc2c(cc1SCc1ccco1)OCCO2. The first kappa shape index (κ1) is 11.3. The second-order valence-electron chi connectivity index (χ2n) is 3.90. The lowest BCUT2D eigenvalue weighted by atomic mass is 10.2. The summed E-state index contributed by atoms with van der Waals surface area (Å²) in [6.07, 6.45) is 1.67. The summed E-state index contributed by atoms with van der Waals surface area (Å²) in [5, 5.41) is 0. The Bertz CT molecular complexity index is 539. The Kier molecular flexibility index (Phi) is 3.06. The molecule has 0 radical (unpaired) electrons. The Labute approximate surface area is 109 Å². The second kappa shape index (κ2) is 4.86. The molecule has 1 aromatic heterocycles. The Morgan fingerprint density at radius 1 is 1.17 bits per heavy atom. The predicted molar refractivity (Wildman–Crippen MR) is 70.1 cm³/mol. The summed E-state index contributed by atoms with van der Waals surface area (Å²) in [7, 11) is 0. The third-order valence-electron chi connectivity index (χ3n) is 2.62. The van der Waals surface area contributed by atoms with Crippen LogP contribution in [0.3, 0.4) is 0 Å². The maximum Gasteiger partial charge on any atom is 0.163 e. The zero-order valence-electron chi connectivity index (χ0n) is 9.72. The lowest BCUT2D eigenvalue weighted by molar-refractivity contribution is 0.171. The van der Waals surface area contributed by atoms with E-state index < -0.39 is 0 Å². The van der Waals surface area contributed by atoms with Gasteiger partial charge in [-0.1, -0.05) is 0 Å². The molecule has 5 heteroatoms. The zero-order valence-corrected chi connectivity index (χ0v) is 10.5. The first-order chi connectivity index (χ1) is 8.83. The molecule has 2 aromatic rings. The van der Waals surface area contributed by atoms with Crippen LogP contribution in [0, 0.1) is 0 Å². The molecule has 0 saturated carbocycles. The van der Waals surface area contributed by atoms with Crippen molar-refractivity contribution in [2.45, 2.75) is 10.6 Å². The number of furan rings is 1. The van der Waals surface area contributed by atoms with Crippen molar-refractivity contribution < 1.29 is 13.9 Å². The molecule has 0 unspecified atom stereocenters. The van der Waals surface area contributed by atoms with Crippen LogP contribution in [0.25, 0.3) is 0 Å². The van der Waals surface area contributed by atoms with Crippen molar-refractivity contribution >= 4 is 17.4 Å². The van der Waals surface area contributed by atoms with Gasteiger partial charge in [0.15, 0.2) is 11.5 Å². The average molecular weight is 263 g/mol. The van der Waals surface area contributed by atoms with Gasteiger partial charge < -0.3 is 19.6 Å². The van der Waals surface area contributed by atoms with E-state index in [1.54, 1.807) is 18.0 Å². The molecular formula is C13H13NO3S. The molecule has 18 heavy (non-hydrogen) atoms. The van der Waals surface area contributed by atoms with Gasteiger partial charge in [-0.3, -0.25) is 0 Å². The van der Waals surface area contributed by atoms with E-state index in [0.29, 0.717) is 18.9 Å². The molecule has 2 heterocycles. The highest BCUT2D eigenvalue weighted by molar-refractivity contribution is 7.98. The van der Waals surface area contributed by atoms with E-state index in [9.17, 15) is 0 Å². The largest absolute Gasteiger partial charge is 0.486 e. The first-order valence-electron chi connectivity index (χ1n) is 5.67. The van der Waals surface area contributed by atoms with Crippen LogP contribution in [0.4, 0.5) is 5.69 Å². The first-order valence-corrected chi connectivity index (χ1v) is 6.66. The Morgan fingerprint density at radius 2 is 1.94 bits per heavy atom. The predicted octanol–water partition coefficient (Wildman–Crippen LogP) is 2.93. The summed E-state index contributed by atoms with van der Waals surface area (Å²) in [6, 6.07) is 7.57. The molecule has 0 atom stereocenters. The van der Waals surface area contributed by atoms with Gasteiger partial charge in [-0.15, -0.1) is 11.8 Å². The average Bonchev–Trinajstić information content (AvgIpc) is 2.89. The Hall–Kier alpha value is -1.75. The number of thioether (sulfide) groups is 1. The minimum atomic E-state index is 0.575. The van der Waals surface area contributed by atoms with Crippen LogP contribution in [-0.2, 0) is 5.75 Å². The summed E-state index contributed by atoms with van der Waals surface area (Å²) in [5.74, 6) is 3.16. The second-order valence-corrected chi connectivity index (χ2v) is 4.92. The number of anilines is 1. The summed E-state index contributed by atoms with van der Waals surface area (Å²) < 4.78 is 16.3.